The summed E-state index contributed by atoms with van der Waals surface area (Å²) in [5.41, 5.74) is -0.992. The molecule has 17 heavy (non-hydrogen) atoms. The van der Waals surface area contributed by atoms with E-state index in [1.54, 1.807) is 0 Å². The van der Waals surface area contributed by atoms with Crippen molar-refractivity contribution in [3.63, 3.8) is 0 Å². The highest BCUT2D eigenvalue weighted by molar-refractivity contribution is 5.71. The zero-order chi connectivity index (χ0) is 12.9. The van der Waals surface area contributed by atoms with Gasteiger partial charge < -0.3 is 5.11 Å². The van der Waals surface area contributed by atoms with Crippen LogP contribution < -0.4 is 0 Å². The topological polar surface area (TPSA) is 62.0 Å². The number of benzene rings is 1. The van der Waals surface area contributed by atoms with Crippen LogP contribution in [0.15, 0.2) is 46.5 Å². The van der Waals surface area contributed by atoms with Gasteiger partial charge in [0.2, 0.25) is 0 Å². The lowest BCUT2D eigenvalue weighted by molar-refractivity contribution is -0.137. The number of carbonyl (C=O) groups excluding carboxylic acids is 1. The molecule has 0 saturated carbocycles. The number of rotatable bonds is 3. The van der Waals surface area contributed by atoms with Crippen molar-refractivity contribution in [2.45, 2.75) is 6.18 Å². The van der Waals surface area contributed by atoms with Crippen molar-refractivity contribution >= 4 is 12.0 Å². The average molecular weight is 244 g/mol. The maximum Gasteiger partial charge on any atom is 0.416 e. The van der Waals surface area contributed by atoms with Crippen molar-refractivity contribution in [1.29, 1.82) is 0 Å². The summed E-state index contributed by atoms with van der Waals surface area (Å²) < 4.78 is 36.6. The van der Waals surface area contributed by atoms with Gasteiger partial charge in [0.25, 0.3) is 0 Å². The molecule has 0 aliphatic rings. The van der Waals surface area contributed by atoms with Crippen LogP contribution in [0.4, 0.5) is 18.9 Å². The molecule has 1 aromatic rings. The molecular weight excluding hydrogens is 237 g/mol. The molecule has 90 valence electrons. The Hall–Kier alpha value is -2.18. The number of aldehydes is 1. The van der Waals surface area contributed by atoms with Gasteiger partial charge in [-0.15, -0.1) is 5.11 Å². The second-order valence-electron chi connectivity index (χ2n) is 2.92. The number of azo groups is 1. The molecule has 0 radical (unpaired) electrons. The summed E-state index contributed by atoms with van der Waals surface area (Å²) >= 11 is 0. The van der Waals surface area contributed by atoms with Gasteiger partial charge in [-0.1, -0.05) is 0 Å². The van der Waals surface area contributed by atoms with Crippen LogP contribution in [-0.2, 0) is 11.0 Å². The van der Waals surface area contributed by atoms with Crippen LogP contribution in [0, 0.1) is 0 Å². The number of hydrogen-bond acceptors (Lipinski definition) is 4. The second kappa shape index (κ2) is 5.24. The Morgan fingerprint density at radius 3 is 2.24 bits per heavy atom. The lowest BCUT2D eigenvalue weighted by Crippen LogP contribution is -2.03. The van der Waals surface area contributed by atoms with Gasteiger partial charge in [-0.3, -0.25) is 4.79 Å². The molecule has 0 aliphatic heterocycles. The predicted molar refractivity (Wildman–Crippen MR) is 52.7 cm³/mol. The molecule has 0 bridgehead atoms. The monoisotopic (exact) mass is 244 g/mol. The van der Waals surface area contributed by atoms with E-state index in [0.29, 0.717) is 6.26 Å². The highest BCUT2D eigenvalue weighted by atomic mass is 19.4. The molecule has 0 aliphatic carbocycles. The van der Waals surface area contributed by atoms with Crippen LogP contribution in [0.2, 0.25) is 0 Å². The molecule has 1 rings (SSSR count). The minimum Gasteiger partial charge on any atom is -0.513 e. The molecule has 0 fully saturated rings. The van der Waals surface area contributed by atoms with Crippen LogP contribution in [0.1, 0.15) is 5.56 Å². The number of aliphatic hydroxyl groups is 1. The summed E-state index contributed by atoms with van der Waals surface area (Å²) in [5, 5.41) is 15.2. The molecule has 0 atom stereocenters. The van der Waals surface area contributed by atoms with Gasteiger partial charge in [0, 0.05) is 0 Å². The van der Waals surface area contributed by atoms with E-state index >= 15 is 0 Å². The number of carbonyl (C=O) groups is 1. The van der Waals surface area contributed by atoms with Crippen molar-refractivity contribution in [3.8, 4) is 0 Å². The first kappa shape index (κ1) is 12.9. The molecule has 0 amide bonds. The lowest BCUT2D eigenvalue weighted by atomic mass is 10.2. The van der Waals surface area contributed by atoms with E-state index in [0.717, 1.165) is 24.3 Å². The van der Waals surface area contributed by atoms with Crippen molar-refractivity contribution in [2.75, 3.05) is 0 Å². The third kappa shape index (κ3) is 3.71. The quantitative estimate of drug-likeness (QED) is 0.383. The van der Waals surface area contributed by atoms with Gasteiger partial charge in [0.1, 0.15) is 6.26 Å². The van der Waals surface area contributed by atoms with E-state index in [9.17, 15) is 18.0 Å². The third-order valence-electron chi connectivity index (χ3n) is 1.73. The molecule has 7 heteroatoms. The maximum absolute atomic E-state index is 12.2. The maximum atomic E-state index is 12.2. The van der Waals surface area contributed by atoms with Gasteiger partial charge in [0.05, 0.1) is 11.3 Å². The summed E-state index contributed by atoms with van der Waals surface area (Å²) in [5.74, 6) is 0. The summed E-state index contributed by atoms with van der Waals surface area (Å²) in [6, 6.07) is 3.90. The smallest absolute Gasteiger partial charge is 0.416 e. The predicted octanol–water partition coefficient (Wildman–Crippen LogP) is 3.39. The van der Waals surface area contributed by atoms with Gasteiger partial charge in [-0.25, -0.2) is 0 Å². The molecular formula is C10H7F3N2O2. The zero-order valence-corrected chi connectivity index (χ0v) is 8.35. The second-order valence-corrected chi connectivity index (χ2v) is 2.92. The van der Waals surface area contributed by atoms with Gasteiger partial charge in [0.15, 0.2) is 12.0 Å². The van der Waals surface area contributed by atoms with Crippen molar-refractivity contribution < 1.29 is 23.1 Å². The number of nitrogens with zero attached hydrogens (tertiary/aromatic N) is 2. The molecule has 0 spiro atoms. The van der Waals surface area contributed by atoms with Crippen molar-refractivity contribution in [1.82, 2.24) is 0 Å². The SMILES string of the molecule is O=CC(=CO)N=Nc1ccc(C(F)(F)F)cc1. The summed E-state index contributed by atoms with van der Waals surface area (Å²) in [6.07, 6.45) is -3.71. The third-order valence-corrected chi connectivity index (χ3v) is 1.73. The number of hydrogen-bond donors (Lipinski definition) is 1. The van der Waals surface area contributed by atoms with Gasteiger partial charge in [-0.05, 0) is 24.3 Å². The Morgan fingerprint density at radius 2 is 1.82 bits per heavy atom. The number of halogens is 3. The van der Waals surface area contributed by atoms with E-state index in [2.05, 4.69) is 10.2 Å². The molecule has 1 N–H and O–H groups in total. The van der Waals surface area contributed by atoms with Crippen LogP contribution in [-0.4, -0.2) is 11.4 Å². The minimum absolute atomic E-state index is 0.138. The fourth-order valence-electron chi connectivity index (χ4n) is 0.912. The summed E-state index contributed by atoms with van der Waals surface area (Å²) in [6.45, 7) is 0. The van der Waals surface area contributed by atoms with Crippen LogP contribution in [0.3, 0.4) is 0 Å². The fraction of sp³-hybridized carbons (Fsp3) is 0.100. The first-order valence-corrected chi connectivity index (χ1v) is 4.36. The number of aliphatic hydroxyl groups excluding tert-OH is 1. The lowest BCUT2D eigenvalue weighted by Gasteiger charge is -2.05. The Labute approximate surface area is 94.1 Å². The molecule has 0 heterocycles. The van der Waals surface area contributed by atoms with E-state index in [1.807, 2.05) is 0 Å². The highest BCUT2D eigenvalue weighted by Gasteiger charge is 2.29. The number of allylic oxidation sites excluding steroid dienone is 1. The van der Waals surface area contributed by atoms with E-state index in [4.69, 9.17) is 5.11 Å². The van der Waals surface area contributed by atoms with Crippen LogP contribution in [0.25, 0.3) is 0 Å². The first-order chi connectivity index (χ1) is 7.97. The van der Waals surface area contributed by atoms with Gasteiger partial charge in [-0.2, -0.15) is 18.3 Å². The van der Waals surface area contributed by atoms with E-state index in [-0.39, 0.29) is 17.7 Å². The average Bonchev–Trinajstić information content (AvgIpc) is 2.30. The van der Waals surface area contributed by atoms with Crippen LogP contribution >= 0.6 is 0 Å². The first-order valence-electron chi connectivity index (χ1n) is 4.36. The minimum atomic E-state index is -4.41. The Balaban J connectivity index is 2.86. The molecule has 0 unspecified atom stereocenters. The molecule has 4 nitrogen and oxygen atoms in total. The number of alkyl halides is 3. The highest BCUT2D eigenvalue weighted by Crippen LogP contribution is 2.30. The Kier molecular flexibility index (Phi) is 3.97. The Morgan fingerprint density at radius 1 is 1.24 bits per heavy atom. The summed E-state index contributed by atoms with van der Waals surface area (Å²) in [4.78, 5) is 10.2. The van der Waals surface area contributed by atoms with Gasteiger partial charge >= 0.3 is 6.18 Å². The van der Waals surface area contributed by atoms with Crippen molar-refractivity contribution in [2.24, 2.45) is 10.2 Å². The normalized spacial score (nSPS) is 13.0. The molecule has 0 aromatic heterocycles. The van der Waals surface area contributed by atoms with E-state index in [1.165, 1.54) is 0 Å². The fourth-order valence-corrected chi connectivity index (χ4v) is 0.912. The summed E-state index contributed by atoms with van der Waals surface area (Å²) in [7, 11) is 0. The Bertz CT molecular complexity index is 450. The largest absolute Gasteiger partial charge is 0.513 e. The zero-order valence-electron chi connectivity index (χ0n) is 8.35. The van der Waals surface area contributed by atoms with E-state index < -0.39 is 11.7 Å². The molecule has 1 aromatic carbocycles. The standard InChI is InChI=1S/C10H7F3N2O2/c11-10(12,13)7-1-3-8(4-2-7)14-15-9(5-16)6-17/h1-6,16H. The van der Waals surface area contributed by atoms with Crippen molar-refractivity contribution in [3.05, 3.63) is 41.8 Å². The molecule has 0 saturated heterocycles. The van der Waals surface area contributed by atoms with Crippen LogP contribution in [0.5, 0.6) is 0 Å².